The molecule has 1 unspecified atom stereocenters. The Morgan fingerprint density at radius 1 is 1.37 bits per heavy atom. The molecular formula is C15H18FNOS. The largest absolute Gasteiger partial charge is 0.494 e. The topological polar surface area (TPSA) is 21.3 Å². The Bertz CT molecular complexity index is 513. The smallest absolute Gasteiger partial charge is 0.165 e. The number of methoxy groups -OCH3 is 1. The summed E-state index contributed by atoms with van der Waals surface area (Å²) in [5.41, 5.74) is 0.924. The van der Waals surface area contributed by atoms with E-state index in [0.29, 0.717) is 12.6 Å². The predicted octanol–water partition coefficient (Wildman–Crippen LogP) is 4.14. The van der Waals surface area contributed by atoms with Crippen LogP contribution in [0.2, 0.25) is 0 Å². The van der Waals surface area contributed by atoms with Gasteiger partial charge < -0.3 is 10.1 Å². The second-order valence-electron chi connectivity index (χ2n) is 4.33. The molecule has 0 saturated heterocycles. The zero-order valence-electron chi connectivity index (χ0n) is 11.2. The fourth-order valence-corrected chi connectivity index (χ4v) is 2.88. The van der Waals surface area contributed by atoms with E-state index in [-0.39, 0.29) is 11.6 Å². The second kappa shape index (κ2) is 6.68. The molecule has 0 amide bonds. The molecule has 2 aromatic rings. The molecule has 0 fully saturated rings. The van der Waals surface area contributed by atoms with Gasteiger partial charge in [-0.3, -0.25) is 0 Å². The van der Waals surface area contributed by atoms with Gasteiger partial charge in [0.2, 0.25) is 0 Å². The maximum Gasteiger partial charge on any atom is 0.165 e. The van der Waals surface area contributed by atoms with Gasteiger partial charge in [0.05, 0.1) is 7.11 Å². The van der Waals surface area contributed by atoms with Gasteiger partial charge in [-0.25, -0.2) is 4.39 Å². The molecule has 0 spiro atoms. The first-order valence-corrected chi connectivity index (χ1v) is 7.21. The third-order valence-corrected chi connectivity index (χ3v) is 4.05. The summed E-state index contributed by atoms with van der Waals surface area (Å²) in [6.45, 7) is 2.79. The van der Waals surface area contributed by atoms with Crippen LogP contribution < -0.4 is 10.1 Å². The molecule has 19 heavy (non-hydrogen) atoms. The van der Waals surface area contributed by atoms with Crippen molar-refractivity contribution in [2.45, 2.75) is 25.9 Å². The van der Waals surface area contributed by atoms with Crippen LogP contribution in [0.4, 0.5) is 4.39 Å². The molecule has 4 heteroatoms. The van der Waals surface area contributed by atoms with Crippen molar-refractivity contribution in [2.24, 2.45) is 0 Å². The van der Waals surface area contributed by atoms with Crippen LogP contribution in [0.5, 0.6) is 5.75 Å². The Kier molecular flexibility index (Phi) is 4.93. The molecule has 2 nitrogen and oxygen atoms in total. The van der Waals surface area contributed by atoms with Gasteiger partial charge >= 0.3 is 0 Å². The van der Waals surface area contributed by atoms with Gasteiger partial charge in [-0.05, 0) is 35.6 Å². The molecule has 0 radical (unpaired) electrons. The number of benzene rings is 1. The maximum absolute atomic E-state index is 13.6. The standard InChI is InChI=1S/C15H18FNOS/c1-3-13(15-5-4-8-19-15)17-10-11-6-7-14(18-2)12(16)9-11/h4-9,13,17H,3,10H2,1-2H3. The fraction of sp³-hybridized carbons (Fsp3) is 0.333. The van der Waals surface area contributed by atoms with Crippen LogP contribution in [0.1, 0.15) is 29.8 Å². The summed E-state index contributed by atoms with van der Waals surface area (Å²) in [5, 5.41) is 5.53. The second-order valence-corrected chi connectivity index (χ2v) is 5.31. The van der Waals surface area contributed by atoms with E-state index in [2.05, 4.69) is 29.8 Å². The van der Waals surface area contributed by atoms with Crippen molar-refractivity contribution < 1.29 is 9.13 Å². The normalized spacial score (nSPS) is 12.4. The van der Waals surface area contributed by atoms with Gasteiger partial charge in [-0.1, -0.05) is 19.1 Å². The van der Waals surface area contributed by atoms with E-state index in [4.69, 9.17) is 4.74 Å². The van der Waals surface area contributed by atoms with Gasteiger partial charge in [0.1, 0.15) is 0 Å². The van der Waals surface area contributed by atoms with E-state index < -0.39 is 0 Å². The highest BCUT2D eigenvalue weighted by atomic mass is 32.1. The molecule has 0 aliphatic carbocycles. The molecule has 2 rings (SSSR count). The van der Waals surface area contributed by atoms with E-state index in [0.717, 1.165) is 12.0 Å². The fourth-order valence-electron chi connectivity index (χ4n) is 2.00. The van der Waals surface area contributed by atoms with Crippen molar-refractivity contribution in [2.75, 3.05) is 7.11 Å². The summed E-state index contributed by atoms with van der Waals surface area (Å²) < 4.78 is 18.5. The first-order chi connectivity index (χ1) is 9.24. The molecule has 1 N–H and O–H groups in total. The minimum Gasteiger partial charge on any atom is -0.494 e. The number of thiophene rings is 1. The molecule has 0 aliphatic heterocycles. The Morgan fingerprint density at radius 3 is 2.79 bits per heavy atom. The van der Waals surface area contributed by atoms with Crippen LogP contribution in [-0.4, -0.2) is 7.11 Å². The molecule has 0 aliphatic rings. The predicted molar refractivity (Wildman–Crippen MR) is 77.1 cm³/mol. The Labute approximate surface area is 117 Å². The highest BCUT2D eigenvalue weighted by molar-refractivity contribution is 7.10. The van der Waals surface area contributed by atoms with Crippen molar-refractivity contribution in [3.8, 4) is 5.75 Å². The van der Waals surface area contributed by atoms with E-state index in [1.54, 1.807) is 17.4 Å². The lowest BCUT2D eigenvalue weighted by molar-refractivity contribution is 0.386. The van der Waals surface area contributed by atoms with Crippen LogP contribution in [0, 0.1) is 5.82 Å². The highest BCUT2D eigenvalue weighted by Gasteiger charge is 2.10. The molecule has 0 bridgehead atoms. The van der Waals surface area contributed by atoms with E-state index in [1.165, 1.54) is 18.1 Å². The summed E-state index contributed by atoms with van der Waals surface area (Å²) in [5.74, 6) is -0.0278. The number of rotatable bonds is 6. The SMILES string of the molecule is CCC(NCc1ccc(OC)c(F)c1)c1cccs1. The minimum atomic E-state index is -0.314. The first-order valence-electron chi connectivity index (χ1n) is 6.33. The maximum atomic E-state index is 13.6. The van der Waals surface area contributed by atoms with E-state index in [1.807, 2.05) is 6.07 Å². The number of hydrogen-bond donors (Lipinski definition) is 1. The first kappa shape index (κ1) is 14.0. The van der Waals surface area contributed by atoms with Crippen LogP contribution in [-0.2, 0) is 6.54 Å². The third kappa shape index (κ3) is 3.55. The lowest BCUT2D eigenvalue weighted by atomic mass is 10.1. The molecule has 1 atom stereocenters. The molecular weight excluding hydrogens is 261 g/mol. The van der Waals surface area contributed by atoms with E-state index in [9.17, 15) is 4.39 Å². The monoisotopic (exact) mass is 279 g/mol. The number of hydrogen-bond acceptors (Lipinski definition) is 3. The van der Waals surface area contributed by atoms with Crippen LogP contribution in [0.3, 0.4) is 0 Å². The third-order valence-electron chi connectivity index (χ3n) is 3.06. The van der Waals surface area contributed by atoms with Gasteiger partial charge in [0.25, 0.3) is 0 Å². The lowest BCUT2D eigenvalue weighted by Gasteiger charge is -2.15. The van der Waals surface area contributed by atoms with Crippen molar-refractivity contribution >= 4 is 11.3 Å². The van der Waals surface area contributed by atoms with Gasteiger partial charge in [-0.15, -0.1) is 11.3 Å². The summed E-state index contributed by atoms with van der Waals surface area (Å²) in [7, 11) is 1.47. The highest BCUT2D eigenvalue weighted by Crippen LogP contribution is 2.23. The van der Waals surface area contributed by atoms with Crippen LogP contribution in [0.15, 0.2) is 35.7 Å². The minimum absolute atomic E-state index is 0.286. The van der Waals surface area contributed by atoms with Crippen molar-refractivity contribution in [3.05, 3.63) is 52.0 Å². The molecule has 102 valence electrons. The quantitative estimate of drug-likeness (QED) is 0.858. The molecule has 1 heterocycles. The van der Waals surface area contributed by atoms with Gasteiger partial charge in [-0.2, -0.15) is 0 Å². The summed E-state index contributed by atoms with van der Waals surface area (Å²) in [6.07, 6.45) is 1.01. The zero-order valence-corrected chi connectivity index (χ0v) is 12.0. The Morgan fingerprint density at radius 2 is 2.21 bits per heavy atom. The summed E-state index contributed by atoms with van der Waals surface area (Å²) in [4.78, 5) is 1.32. The molecule has 1 aromatic heterocycles. The average Bonchev–Trinajstić information content (AvgIpc) is 2.94. The lowest BCUT2D eigenvalue weighted by Crippen LogP contribution is -2.19. The van der Waals surface area contributed by atoms with Gasteiger partial charge in [0.15, 0.2) is 11.6 Å². The van der Waals surface area contributed by atoms with Crippen molar-refractivity contribution in [1.29, 1.82) is 0 Å². The Hall–Kier alpha value is -1.39. The number of nitrogens with one attached hydrogen (secondary N) is 1. The molecule has 1 aromatic carbocycles. The van der Waals surface area contributed by atoms with Crippen molar-refractivity contribution in [1.82, 2.24) is 5.32 Å². The molecule has 0 saturated carbocycles. The summed E-state index contributed by atoms with van der Waals surface area (Å²) in [6, 6.07) is 9.57. The summed E-state index contributed by atoms with van der Waals surface area (Å²) >= 11 is 1.74. The number of ether oxygens (including phenoxy) is 1. The Balaban J connectivity index is 1.99. The van der Waals surface area contributed by atoms with Crippen LogP contribution in [0.25, 0.3) is 0 Å². The van der Waals surface area contributed by atoms with E-state index >= 15 is 0 Å². The van der Waals surface area contributed by atoms with Gasteiger partial charge in [0, 0.05) is 17.5 Å². The average molecular weight is 279 g/mol. The number of halogens is 1. The van der Waals surface area contributed by atoms with Crippen molar-refractivity contribution in [3.63, 3.8) is 0 Å². The zero-order chi connectivity index (χ0) is 13.7. The van der Waals surface area contributed by atoms with Crippen LogP contribution >= 0.6 is 11.3 Å².